The molecule has 104 valence electrons. The fourth-order valence-corrected chi connectivity index (χ4v) is 2.79. The molecule has 0 spiro atoms. The number of hydrogen-bond acceptors (Lipinski definition) is 4. The van der Waals surface area contributed by atoms with Gasteiger partial charge < -0.3 is 20.5 Å². The minimum atomic E-state index is -0.379. The van der Waals surface area contributed by atoms with Crippen molar-refractivity contribution in [3.05, 3.63) is 27.3 Å². The number of halogens is 1. The Morgan fingerprint density at radius 3 is 2.95 bits per heavy atom. The van der Waals surface area contributed by atoms with E-state index in [0.717, 1.165) is 15.9 Å². The Labute approximate surface area is 125 Å². The zero-order valence-electron chi connectivity index (χ0n) is 10.6. The third-order valence-corrected chi connectivity index (χ3v) is 4.14. The molecule has 0 saturated carbocycles. The summed E-state index contributed by atoms with van der Waals surface area (Å²) in [5.74, 6) is 0.697. The second-order valence-electron chi connectivity index (χ2n) is 4.54. The van der Waals surface area contributed by atoms with E-state index in [-0.39, 0.29) is 17.9 Å². The fraction of sp³-hybridized carbons (Fsp3) is 0.462. The molecule has 0 bridgehead atoms. The maximum atomic E-state index is 12.1. The maximum Gasteiger partial charge on any atom is 0.252 e. The highest BCUT2D eigenvalue weighted by Crippen LogP contribution is 2.19. The van der Waals surface area contributed by atoms with E-state index < -0.39 is 0 Å². The van der Waals surface area contributed by atoms with Gasteiger partial charge in [-0.25, -0.2) is 0 Å². The first kappa shape index (κ1) is 14.5. The number of methoxy groups -OCH3 is 1. The number of benzene rings is 1. The molecule has 1 amide bonds. The molecule has 1 aromatic rings. The smallest absolute Gasteiger partial charge is 0.252 e. The van der Waals surface area contributed by atoms with E-state index in [1.807, 2.05) is 6.07 Å². The predicted octanol–water partition coefficient (Wildman–Crippen LogP) is 0.610. The molecule has 0 aromatic heterocycles. The molecule has 1 aliphatic rings. The minimum Gasteiger partial charge on any atom is -0.497 e. The molecule has 0 aliphatic carbocycles. The number of carbonyl (C=O) groups is 1. The molecular weight excluding hydrogens is 359 g/mol. The normalized spacial score (nSPS) is 22.3. The Bertz CT molecular complexity index is 467. The summed E-state index contributed by atoms with van der Waals surface area (Å²) in [7, 11) is 1.60. The molecule has 5 nitrogen and oxygen atoms in total. The molecule has 6 heteroatoms. The van der Waals surface area contributed by atoms with E-state index in [0.29, 0.717) is 18.7 Å². The third-order valence-electron chi connectivity index (χ3n) is 3.25. The third kappa shape index (κ3) is 3.58. The van der Waals surface area contributed by atoms with Gasteiger partial charge in [-0.1, -0.05) is 0 Å². The molecule has 2 rings (SSSR count). The van der Waals surface area contributed by atoms with Crippen molar-refractivity contribution in [1.29, 1.82) is 0 Å². The zero-order chi connectivity index (χ0) is 13.8. The molecule has 19 heavy (non-hydrogen) atoms. The van der Waals surface area contributed by atoms with Gasteiger partial charge in [-0.2, -0.15) is 0 Å². The van der Waals surface area contributed by atoms with Gasteiger partial charge in [0.25, 0.3) is 5.91 Å². The average Bonchev–Trinajstić information content (AvgIpc) is 2.81. The Hall–Kier alpha value is -0.860. The lowest BCUT2D eigenvalue weighted by atomic mass is 10.1. The fourth-order valence-electron chi connectivity index (χ4n) is 2.05. The van der Waals surface area contributed by atoms with E-state index in [4.69, 9.17) is 4.74 Å². The lowest BCUT2D eigenvalue weighted by Crippen LogP contribution is -2.34. The molecule has 2 atom stereocenters. The van der Waals surface area contributed by atoms with Gasteiger partial charge in [-0.3, -0.25) is 4.79 Å². The number of carbonyl (C=O) groups excluding carboxylic acids is 1. The molecule has 2 unspecified atom stereocenters. The first-order valence-electron chi connectivity index (χ1n) is 6.12. The van der Waals surface area contributed by atoms with Crippen molar-refractivity contribution in [1.82, 2.24) is 10.6 Å². The highest BCUT2D eigenvalue weighted by molar-refractivity contribution is 14.1. The van der Waals surface area contributed by atoms with Crippen molar-refractivity contribution < 1.29 is 14.6 Å². The molecule has 3 N–H and O–H groups in total. The van der Waals surface area contributed by atoms with Crippen LogP contribution in [-0.4, -0.2) is 43.9 Å². The van der Waals surface area contributed by atoms with Crippen molar-refractivity contribution in [2.24, 2.45) is 5.92 Å². The molecule has 1 fully saturated rings. The van der Waals surface area contributed by atoms with Crippen LogP contribution in [0.15, 0.2) is 18.2 Å². The Kier molecular flexibility index (Phi) is 5.00. The van der Waals surface area contributed by atoms with Gasteiger partial charge in [0.15, 0.2) is 0 Å². The lowest BCUT2D eigenvalue weighted by molar-refractivity contribution is 0.0926. The maximum absolute atomic E-state index is 12.1. The summed E-state index contributed by atoms with van der Waals surface area (Å²) in [6.07, 6.45) is -0.379. The quantitative estimate of drug-likeness (QED) is 0.674. The van der Waals surface area contributed by atoms with Crippen LogP contribution in [-0.2, 0) is 0 Å². The number of amides is 1. The van der Waals surface area contributed by atoms with Gasteiger partial charge >= 0.3 is 0 Å². The second-order valence-corrected chi connectivity index (χ2v) is 5.70. The predicted molar refractivity (Wildman–Crippen MR) is 80.4 cm³/mol. The largest absolute Gasteiger partial charge is 0.497 e. The topological polar surface area (TPSA) is 70.6 Å². The van der Waals surface area contributed by atoms with Gasteiger partial charge in [-0.15, -0.1) is 0 Å². The highest BCUT2D eigenvalue weighted by Gasteiger charge is 2.25. The summed E-state index contributed by atoms with van der Waals surface area (Å²) < 4.78 is 5.95. The average molecular weight is 376 g/mol. The van der Waals surface area contributed by atoms with Crippen LogP contribution < -0.4 is 15.4 Å². The summed E-state index contributed by atoms with van der Waals surface area (Å²) in [6, 6.07) is 5.34. The van der Waals surface area contributed by atoms with Crippen LogP contribution in [0.25, 0.3) is 0 Å². The second kappa shape index (κ2) is 6.53. The number of aliphatic hydroxyl groups is 1. The Morgan fingerprint density at radius 1 is 1.58 bits per heavy atom. The van der Waals surface area contributed by atoms with Crippen LogP contribution in [0.1, 0.15) is 10.4 Å². The van der Waals surface area contributed by atoms with Crippen LogP contribution in [0.2, 0.25) is 0 Å². The van der Waals surface area contributed by atoms with E-state index in [9.17, 15) is 9.90 Å². The van der Waals surface area contributed by atoms with Gasteiger partial charge in [0.05, 0.1) is 18.8 Å². The van der Waals surface area contributed by atoms with Crippen molar-refractivity contribution >= 4 is 28.5 Å². The van der Waals surface area contributed by atoms with Crippen LogP contribution in [0.3, 0.4) is 0 Å². The highest BCUT2D eigenvalue weighted by atomic mass is 127. The lowest BCUT2D eigenvalue weighted by Gasteiger charge is -2.14. The van der Waals surface area contributed by atoms with Gasteiger partial charge in [0.2, 0.25) is 0 Å². The first-order valence-corrected chi connectivity index (χ1v) is 7.20. The van der Waals surface area contributed by atoms with E-state index in [2.05, 4.69) is 33.2 Å². The molecule has 1 saturated heterocycles. The summed E-state index contributed by atoms with van der Waals surface area (Å²) in [6.45, 7) is 1.82. The molecule has 1 heterocycles. The van der Waals surface area contributed by atoms with Crippen molar-refractivity contribution in [3.8, 4) is 5.75 Å². The van der Waals surface area contributed by atoms with Crippen LogP contribution >= 0.6 is 22.6 Å². The van der Waals surface area contributed by atoms with E-state index in [1.54, 1.807) is 19.2 Å². The zero-order valence-corrected chi connectivity index (χ0v) is 12.8. The Balaban J connectivity index is 1.96. The SMILES string of the molecule is COc1ccc(C(=O)NCC2CNCC2O)c(I)c1. The van der Waals surface area contributed by atoms with E-state index >= 15 is 0 Å². The number of ether oxygens (including phenoxy) is 1. The molecule has 1 aromatic carbocycles. The summed E-state index contributed by atoms with van der Waals surface area (Å²) in [5.41, 5.74) is 0.627. The number of β-amino-alcohol motifs (C(OH)–C–C–N with tert-alkyl or cyclic N) is 1. The van der Waals surface area contributed by atoms with E-state index in [1.165, 1.54) is 0 Å². The number of rotatable bonds is 4. The van der Waals surface area contributed by atoms with Crippen molar-refractivity contribution in [2.45, 2.75) is 6.10 Å². The van der Waals surface area contributed by atoms with Crippen molar-refractivity contribution in [3.63, 3.8) is 0 Å². The summed E-state index contributed by atoms with van der Waals surface area (Å²) >= 11 is 2.11. The first-order chi connectivity index (χ1) is 9.11. The van der Waals surface area contributed by atoms with Crippen molar-refractivity contribution in [2.75, 3.05) is 26.7 Å². The Morgan fingerprint density at radius 2 is 2.37 bits per heavy atom. The number of hydrogen-bond donors (Lipinski definition) is 3. The molecule has 0 radical (unpaired) electrons. The summed E-state index contributed by atoms with van der Waals surface area (Å²) in [5, 5.41) is 15.6. The number of aliphatic hydroxyl groups excluding tert-OH is 1. The minimum absolute atomic E-state index is 0.0832. The number of nitrogens with one attached hydrogen (secondary N) is 2. The van der Waals surface area contributed by atoms with Crippen LogP contribution in [0.4, 0.5) is 0 Å². The van der Waals surface area contributed by atoms with Gasteiger partial charge in [0.1, 0.15) is 5.75 Å². The standard InChI is InChI=1S/C13H17IN2O3/c1-19-9-2-3-10(11(14)4-9)13(18)16-6-8-5-15-7-12(8)17/h2-4,8,12,15,17H,5-7H2,1H3,(H,16,18). The molecule has 1 aliphatic heterocycles. The monoisotopic (exact) mass is 376 g/mol. The van der Waals surface area contributed by atoms with Gasteiger partial charge in [-0.05, 0) is 40.8 Å². The molecular formula is C13H17IN2O3. The summed E-state index contributed by atoms with van der Waals surface area (Å²) in [4.78, 5) is 12.1. The van der Waals surface area contributed by atoms with Gasteiger partial charge in [0, 0.05) is 29.1 Å². The van der Waals surface area contributed by atoms with Crippen LogP contribution in [0, 0.1) is 9.49 Å². The van der Waals surface area contributed by atoms with Crippen LogP contribution in [0.5, 0.6) is 5.75 Å².